The number of fused-ring (bicyclic) bond motifs is 7. The summed E-state index contributed by atoms with van der Waals surface area (Å²) in [5.41, 5.74) is 16.3. The molecule has 0 aliphatic rings. The van der Waals surface area contributed by atoms with Gasteiger partial charge in [-0.3, -0.25) is 0 Å². The van der Waals surface area contributed by atoms with Gasteiger partial charge >= 0.3 is 0 Å². The van der Waals surface area contributed by atoms with E-state index in [9.17, 15) is 0 Å². The fraction of sp³-hybridized carbons (Fsp3) is 0. The SMILES string of the molecule is c1ccc(-c2cc(-c3ccccc3)cc(-c3ccc(N(c4cccc(-c5cccc6c5c5cc7ccccc7cc5n6-c5ccccc5)c4)c4ccc5c(ccc6ccccc65)c4)cc3)c2)cc1. The van der Waals surface area contributed by atoms with E-state index >= 15 is 0 Å². The van der Waals surface area contributed by atoms with E-state index in [2.05, 4.69) is 276 Å². The van der Waals surface area contributed by atoms with Gasteiger partial charge < -0.3 is 9.47 Å². The second-order valence-electron chi connectivity index (χ2n) is 17.7. The summed E-state index contributed by atoms with van der Waals surface area (Å²) in [6, 6.07) is 97.6. The average Bonchev–Trinajstić information content (AvgIpc) is 3.74. The van der Waals surface area contributed by atoms with Gasteiger partial charge in [0.05, 0.1) is 11.0 Å². The summed E-state index contributed by atoms with van der Waals surface area (Å²) in [7, 11) is 0. The van der Waals surface area contributed by atoms with Crippen molar-refractivity contribution in [1.29, 1.82) is 0 Å². The summed E-state index contributed by atoms with van der Waals surface area (Å²) in [6.07, 6.45) is 0. The number of para-hydroxylation sites is 1. The van der Waals surface area contributed by atoms with Crippen molar-refractivity contribution in [3.8, 4) is 50.2 Å². The van der Waals surface area contributed by atoms with E-state index in [0.29, 0.717) is 0 Å². The summed E-state index contributed by atoms with van der Waals surface area (Å²) in [6.45, 7) is 0. The van der Waals surface area contributed by atoms with Crippen LogP contribution in [0.25, 0.3) is 104 Å². The fourth-order valence-corrected chi connectivity index (χ4v) is 10.4. The van der Waals surface area contributed by atoms with Gasteiger partial charge in [0.2, 0.25) is 0 Å². The second kappa shape index (κ2) is 16.5. The van der Waals surface area contributed by atoms with Crippen LogP contribution in [0.2, 0.25) is 0 Å². The predicted molar refractivity (Wildman–Crippen MR) is 290 cm³/mol. The Morgan fingerprint density at radius 1 is 0.250 bits per heavy atom. The van der Waals surface area contributed by atoms with E-state index in [-0.39, 0.29) is 0 Å². The summed E-state index contributed by atoms with van der Waals surface area (Å²) >= 11 is 0. The Bertz CT molecular complexity index is 3940. The molecule has 2 nitrogen and oxygen atoms in total. The molecule has 2 heteroatoms. The smallest absolute Gasteiger partial charge is 0.0547 e. The van der Waals surface area contributed by atoms with Gasteiger partial charge in [-0.1, -0.05) is 182 Å². The van der Waals surface area contributed by atoms with Crippen LogP contribution in [-0.4, -0.2) is 4.57 Å². The number of rotatable bonds is 8. The van der Waals surface area contributed by atoms with Crippen molar-refractivity contribution in [2.75, 3.05) is 4.90 Å². The molecule has 0 radical (unpaired) electrons. The Hall–Kier alpha value is -8.98. The first kappa shape index (κ1) is 39.4. The third kappa shape index (κ3) is 6.90. The molecule has 0 N–H and O–H groups in total. The highest BCUT2D eigenvalue weighted by molar-refractivity contribution is 6.19. The molecule has 318 valence electrons. The van der Waals surface area contributed by atoms with Crippen LogP contribution in [0.1, 0.15) is 0 Å². The molecule has 0 atom stereocenters. The van der Waals surface area contributed by atoms with Gasteiger partial charge in [-0.05, 0) is 162 Å². The number of hydrogen-bond acceptors (Lipinski definition) is 1. The highest BCUT2D eigenvalue weighted by Gasteiger charge is 2.20. The molecule has 0 saturated carbocycles. The first-order chi connectivity index (χ1) is 33.7. The quantitative estimate of drug-likeness (QED) is 0.138. The first-order valence-corrected chi connectivity index (χ1v) is 23.4. The van der Waals surface area contributed by atoms with E-state index in [1.807, 2.05) is 0 Å². The molecule has 0 aliphatic heterocycles. The molecule has 0 spiro atoms. The van der Waals surface area contributed by atoms with Crippen LogP contribution in [0.3, 0.4) is 0 Å². The molecule has 1 aromatic heterocycles. The third-order valence-corrected chi connectivity index (χ3v) is 13.7. The third-order valence-electron chi connectivity index (χ3n) is 13.7. The molecule has 68 heavy (non-hydrogen) atoms. The van der Waals surface area contributed by atoms with Gasteiger partial charge in [0.1, 0.15) is 0 Å². The molecular weight excluding hydrogens is 821 g/mol. The lowest BCUT2D eigenvalue weighted by molar-refractivity contribution is 1.18. The second-order valence-corrected chi connectivity index (χ2v) is 17.7. The highest BCUT2D eigenvalue weighted by Crippen LogP contribution is 2.44. The topological polar surface area (TPSA) is 8.17 Å². The number of hydrogen-bond donors (Lipinski definition) is 0. The molecular formula is C66H44N2. The maximum atomic E-state index is 2.43. The summed E-state index contributed by atoms with van der Waals surface area (Å²) in [4.78, 5) is 2.42. The zero-order valence-corrected chi connectivity index (χ0v) is 37.3. The number of nitrogens with zero attached hydrogens (tertiary/aromatic N) is 2. The molecule has 12 aromatic carbocycles. The summed E-state index contributed by atoms with van der Waals surface area (Å²) in [5, 5.41) is 9.91. The van der Waals surface area contributed by atoms with E-state index in [4.69, 9.17) is 0 Å². The average molecular weight is 865 g/mol. The Kier molecular flexibility index (Phi) is 9.54. The molecule has 13 aromatic rings. The van der Waals surface area contributed by atoms with E-state index in [1.54, 1.807) is 0 Å². The van der Waals surface area contributed by atoms with Gasteiger partial charge in [0.25, 0.3) is 0 Å². The van der Waals surface area contributed by atoms with Gasteiger partial charge in [0.15, 0.2) is 0 Å². The Morgan fingerprint density at radius 2 is 0.779 bits per heavy atom. The van der Waals surface area contributed by atoms with E-state index < -0.39 is 0 Å². The molecule has 0 saturated heterocycles. The predicted octanol–water partition coefficient (Wildman–Crippen LogP) is 18.4. The van der Waals surface area contributed by atoms with E-state index in [0.717, 1.165) is 33.9 Å². The van der Waals surface area contributed by atoms with Crippen molar-refractivity contribution < 1.29 is 0 Å². The van der Waals surface area contributed by atoms with Crippen molar-refractivity contribution in [1.82, 2.24) is 4.57 Å². The number of benzene rings is 12. The zero-order valence-electron chi connectivity index (χ0n) is 37.3. The Morgan fingerprint density at radius 3 is 1.49 bits per heavy atom. The molecule has 0 fully saturated rings. The number of aromatic nitrogens is 1. The molecule has 1 heterocycles. The van der Waals surface area contributed by atoms with Crippen LogP contribution in [0.15, 0.2) is 267 Å². The van der Waals surface area contributed by atoms with E-state index in [1.165, 1.54) is 87.5 Å². The van der Waals surface area contributed by atoms with Gasteiger partial charge in [-0.25, -0.2) is 0 Å². The van der Waals surface area contributed by atoms with Gasteiger partial charge in [-0.2, -0.15) is 0 Å². The lowest BCUT2D eigenvalue weighted by atomic mass is 9.93. The summed E-state index contributed by atoms with van der Waals surface area (Å²) in [5.74, 6) is 0. The maximum absolute atomic E-state index is 2.43. The van der Waals surface area contributed by atoms with Crippen LogP contribution >= 0.6 is 0 Å². The van der Waals surface area contributed by atoms with Crippen LogP contribution < -0.4 is 4.90 Å². The van der Waals surface area contributed by atoms with Crippen molar-refractivity contribution >= 4 is 71.2 Å². The molecule has 0 bridgehead atoms. The van der Waals surface area contributed by atoms with Crippen molar-refractivity contribution in [2.24, 2.45) is 0 Å². The summed E-state index contributed by atoms with van der Waals surface area (Å²) < 4.78 is 2.43. The largest absolute Gasteiger partial charge is 0.310 e. The van der Waals surface area contributed by atoms with Crippen LogP contribution in [0.5, 0.6) is 0 Å². The molecule has 13 rings (SSSR count). The van der Waals surface area contributed by atoms with Crippen LogP contribution in [0.4, 0.5) is 17.1 Å². The number of anilines is 3. The molecule has 0 amide bonds. The van der Waals surface area contributed by atoms with Crippen LogP contribution in [0, 0.1) is 0 Å². The lowest BCUT2D eigenvalue weighted by Gasteiger charge is -2.27. The molecule has 0 unspecified atom stereocenters. The lowest BCUT2D eigenvalue weighted by Crippen LogP contribution is -2.10. The van der Waals surface area contributed by atoms with Gasteiger partial charge in [0, 0.05) is 33.5 Å². The van der Waals surface area contributed by atoms with Crippen molar-refractivity contribution in [3.63, 3.8) is 0 Å². The highest BCUT2D eigenvalue weighted by atomic mass is 15.1. The first-order valence-electron chi connectivity index (χ1n) is 23.4. The minimum absolute atomic E-state index is 1.08. The maximum Gasteiger partial charge on any atom is 0.0547 e. The monoisotopic (exact) mass is 864 g/mol. The zero-order chi connectivity index (χ0) is 45.0. The van der Waals surface area contributed by atoms with Crippen LogP contribution in [-0.2, 0) is 0 Å². The fourth-order valence-electron chi connectivity index (χ4n) is 10.4. The normalized spacial score (nSPS) is 11.5. The Balaban J connectivity index is 0.980. The minimum Gasteiger partial charge on any atom is -0.310 e. The van der Waals surface area contributed by atoms with Gasteiger partial charge in [-0.15, -0.1) is 0 Å². The standard InChI is InChI=1S/C66H44N2/c1-4-16-45(17-5-1)53-38-54(46-18-6-2-7-19-46)40-55(39-53)47-32-34-57(35-33-47)67(59-36-37-61-52(42-59)31-30-48-20-12-13-27-60(48)61)58-26-14-23-51(41-58)62-28-15-29-64-66(62)63-43-49-21-10-11-22-50(49)44-65(63)68(64)56-24-8-3-9-25-56/h1-44H. The minimum atomic E-state index is 1.08. The van der Waals surface area contributed by atoms with Crippen molar-refractivity contribution in [2.45, 2.75) is 0 Å². The van der Waals surface area contributed by atoms with Crippen molar-refractivity contribution in [3.05, 3.63) is 267 Å². The molecule has 0 aliphatic carbocycles. The Labute approximate surface area is 395 Å².